The van der Waals surface area contributed by atoms with Gasteiger partial charge in [0.15, 0.2) is 0 Å². The normalized spacial score (nSPS) is 9.11. The molecule has 0 aliphatic carbocycles. The molecule has 0 aromatic heterocycles. The van der Waals surface area contributed by atoms with Crippen molar-refractivity contribution in [3.05, 3.63) is 29.3 Å². The van der Waals surface area contributed by atoms with Crippen molar-refractivity contribution < 1.29 is 9.59 Å². The van der Waals surface area contributed by atoms with Gasteiger partial charge in [-0.1, -0.05) is 17.5 Å². The molecule has 1 aromatic carbocycles. The molecular formula is C12H12ClN3O2. The zero-order chi connectivity index (χ0) is 13.4. The highest BCUT2D eigenvalue weighted by Gasteiger charge is 2.04. The van der Waals surface area contributed by atoms with Crippen LogP contribution >= 0.6 is 11.6 Å². The minimum absolute atomic E-state index is 0.116. The summed E-state index contributed by atoms with van der Waals surface area (Å²) >= 11 is 5.71. The number of anilines is 1. The fraction of sp³-hybridized carbons (Fsp3) is 0.167. The van der Waals surface area contributed by atoms with E-state index in [1.165, 1.54) is 0 Å². The Hall–Kier alpha value is -2.19. The van der Waals surface area contributed by atoms with Crippen LogP contribution < -0.4 is 16.0 Å². The lowest BCUT2D eigenvalue weighted by molar-refractivity contribution is -0.115. The van der Waals surface area contributed by atoms with Gasteiger partial charge in [-0.3, -0.25) is 4.79 Å². The lowest BCUT2D eigenvalue weighted by atomic mass is 10.3. The molecule has 1 rings (SSSR count). The summed E-state index contributed by atoms with van der Waals surface area (Å²) in [5.74, 6) is 1.91. The lowest BCUT2D eigenvalue weighted by Crippen LogP contribution is -2.40. The average Bonchev–Trinajstić information content (AvgIpc) is 2.36. The van der Waals surface area contributed by atoms with E-state index in [9.17, 15) is 9.59 Å². The molecular weight excluding hydrogens is 254 g/mol. The number of halogens is 1. The first-order chi connectivity index (χ1) is 8.61. The first-order valence-electron chi connectivity index (χ1n) is 5.12. The van der Waals surface area contributed by atoms with Gasteiger partial charge in [-0.25, -0.2) is 4.79 Å². The molecule has 0 fully saturated rings. The van der Waals surface area contributed by atoms with Crippen LogP contribution in [0.5, 0.6) is 0 Å². The van der Waals surface area contributed by atoms with Crippen LogP contribution in [0.1, 0.15) is 0 Å². The summed E-state index contributed by atoms with van der Waals surface area (Å²) in [6.45, 7) is -0.0241. The fourth-order valence-electron chi connectivity index (χ4n) is 1.09. The van der Waals surface area contributed by atoms with Crippen molar-refractivity contribution in [2.45, 2.75) is 0 Å². The van der Waals surface area contributed by atoms with E-state index in [0.29, 0.717) is 10.7 Å². The molecule has 0 unspecified atom stereocenters. The molecule has 18 heavy (non-hydrogen) atoms. The van der Waals surface area contributed by atoms with Gasteiger partial charge < -0.3 is 16.0 Å². The van der Waals surface area contributed by atoms with Gasteiger partial charge in [0.25, 0.3) is 0 Å². The number of terminal acetylenes is 1. The number of amides is 3. The predicted molar refractivity (Wildman–Crippen MR) is 70.3 cm³/mol. The highest BCUT2D eigenvalue weighted by molar-refractivity contribution is 6.30. The van der Waals surface area contributed by atoms with E-state index in [-0.39, 0.29) is 19.0 Å². The standard InChI is InChI=1S/C12H12ClN3O2/c1-2-7-14-12(18)15-8-11(17)16-10-5-3-9(13)4-6-10/h1,3-6H,7-8H2,(H,16,17)(H2,14,15,18). The van der Waals surface area contributed by atoms with Gasteiger partial charge >= 0.3 is 6.03 Å². The Morgan fingerprint density at radius 1 is 1.22 bits per heavy atom. The summed E-state index contributed by atoms with van der Waals surface area (Å²) in [5.41, 5.74) is 0.607. The Bertz CT molecular complexity index is 465. The first-order valence-corrected chi connectivity index (χ1v) is 5.50. The van der Waals surface area contributed by atoms with Crippen LogP contribution in [0.3, 0.4) is 0 Å². The summed E-state index contributed by atoms with van der Waals surface area (Å²) < 4.78 is 0. The second-order valence-electron chi connectivity index (χ2n) is 3.30. The van der Waals surface area contributed by atoms with Gasteiger partial charge in [0.2, 0.25) is 5.91 Å². The fourth-order valence-corrected chi connectivity index (χ4v) is 1.22. The van der Waals surface area contributed by atoms with Crippen molar-refractivity contribution in [3.63, 3.8) is 0 Å². The first kappa shape index (κ1) is 13.9. The summed E-state index contributed by atoms with van der Waals surface area (Å²) in [7, 11) is 0. The Morgan fingerprint density at radius 2 is 1.89 bits per heavy atom. The second-order valence-corrected chi connectivity index (χ2v) is 3.73. The molecule has 5 nitrogen and oxygen atoms in total. The molecule has 3 amide bonds. The molecule has 3 N–H and O–H groups in total. The molecule has 0 spiro atoms. The second kappa shape index (κ2) is 7.20. The molecule has 94 valence electrons. The quantitative estimate of drug-likeness (QED) is 0.716. The number of carbonyl (C=O) groups is 2. The zero-order valence-electron chi connectivity index (χ0n) is 9.50. The van der Waals surface area contributed by atoms with Gasteiger partial charge in [0.1, 0.15) is 0 Å². The molecule has 6 heteroatoms. The van der Waals surface area contributed by atoms with Crippen molar-refractivity contribution >= 4 is 29.2 Å². The van der Waals surface area contributed by atoms with Crippen molar-refractivity contribution in [1.29, 1.82) is 0 Å². The van der Waals surface area contributed by atoms with E-state index < -0.39 is 6.03 Å². The van der Waals surface area contributed by atoms with Crippen LogP contribution in [-0.4, -0.2) is 25.0 Å². The van der Waals surface area contributed by atoms with Crippen molar-refractivity contribution in [1.82, 2.24) is 10.6 Å². The summed E-state index contributed by atoms with van der Waals surface area (Å²) in [5, 5.41) is 7.92. The van der Waals surface area contributed by atoms with Crippen molar-refractivity contribution in [3.8, 4) is 12.3 Å². The summed E-state index contributed by atoms with van der Waals surface area (Å²) in [6, 6.07) is 6.16. The third-order valence-electron chi connectivity index (χ3n) is 1.89. The third-order valence-corrected chi connectivity index (χ3v) is 2.14. The van der Waals surface area contributed by atoms with E-state index in [1.54, 1.807) is 24.3 Å². The van der Waals surface area contributed by atoms with E-state index in [1.807, 2.05) is 0 Å². The Labute approximate surface area is 110 Å². The smallest absolute Gasteiger partial charge is 0.315 e. The molecule has 0 bridgehead atoms. The monoisotopic (exact) mass is 265 g/mol. The van der Waals surface area contributed by atoms with Crippen molar-refractivity contribution in [2.24, 2.45) is 0 Å². The molecule has 0 saturated heterocycles. The Morgan fingerprint density at radius 3 is 2.50 bits per heavy atom. The Kier molecular flexibility index (Phi) is 5.55. The SMILES string of the molecule is C#CCNC(=O)NCC(=O)Nc1ccc(Cl)cc1. The van der Waals surface area contributed by atoms with Gasteiger partial charge in [-0.15, -0.1) is 6.42 Å². The zero-order valence-corrected chi connectivity index (χ0v) is 10.3. The van der Waals surface area contributed by atoms with E-state index in [2.05, 4.69) is 21.9 Å². The summed E-state index contributed by atoms with van der Waals surface area (Å²) in [4.78, 5) is 22.5. The minimum Gasteiger partial charge on any atom is -0.329 e. The molecule has 0 aliphatic heterocycles. The molecule has 0 atom stereocenters. The van der Waals surface area contributed by atoms with Gasteiger partial charge in [0, 0.05) is 10.7 Å². The molecule has 0 saturated carbocycles. The average molecular weight is 266 g/mol. The Balaban J connectivity index is 2.32. The molecule has 0 radical (unpaired) electrons. The minimum atomic E-state index is -0.487. The lowest BCUT2D eigenvalue weighted by Gasteiger charge is -2.07. The highest BCUT2D eigenvalue weighted by atomic mass is 35.5. The topological polar surface area (TPSA) is 70.2 Å². The van der Waals surface area contributed by atoms with Gasteiger partial charge in [-0.05, 0) is 24.3 Å². The van der Waals surface area contributed by atoms with E-state index in [4.69, 9.17) is 18.0 Å². The molecule has 0 aliphatic rings. The number of rotatable bonds is 4. The largest absolute Gasteiger partial charge is 0.329 e. The van der Waals surface area contributed by atoms with Crippen LogP contribution in [0.15, 0.2) is 24.3 Å². The number of nitrogens with one attached hydrogen (secondary N) is 3. The third kappa shape index (κ3) is 5.23. The van der Waals surface area contributed by atoms with Crippen LogP contribution in [-0.2, 0) is 4.79 Å². The van der Waals surface area contributed by atoms with Crippen LogP contribution in [0.4, 0.5) is 10.5 Å². The van der Waals surface area contributed by atoms with E-state index >= 15 is 0 Å². The highest BCUT2D eigenvalue weighted by Crippen LogP contribution is 2.12. The van der Waals surface area contributed by atoms with Crippen LogP contribution in [0.25, 0.3) is 0 Å². The molecule has 1 aromatic rings. The number of hydrogen-bond acceptors (Lipinski definition) is 2. The maximum absolute atomic E-state index is 11.4. The maximum Gasteiger partial charge on any atom is 0.315 e. The van der Waals surface area contributed by atoms with Gasteiger partial charge in [-0.2, -0.15) is 0 Å². The molecule has 0 heterocycles. The van der Waals surface area contributed by atoms with Crippen LogP contribution in [0, 0.1) is 12.3 Å². The van der Waals surface area contributed by atoms with Crippen LogP contribution in [0.2, 0.25) is 5.02 Å². The van der Waals surface area contributed by atoms with E-state index in [0.717, 1.165) is 0 Å². The number of carbonyl (C=O) groups excluding carboxylic acids is 2. The summed E-state index contributed by atoms with van der Waals surface area (Å²) in [6.07, 6.45) is 4.96. The number of hydrogen-bond donors (Lipinski definition) is 3. The number of benzene rings is 1. The van der Waals surface area contributed by atoms with Crippen molar-refractivity contribution in [2.75, 3.05) is 18.4 Å². The predicted octanol–water partition coefficient (Wildman–Crippen LogP) is 1.21. The van der Waals surface area contributed by atoms with Gasteiger partial charge in [0.05, 0.1) is 13.1 Å². The number of urea groups is 1. The maximum atomic E-state index is 11.4.